The van der Waals surface area contributed by atoms with Gasteiger partial charge in [-0.2, -0.15) is 0 Å². The molecule has 1 aromatic carbocycles. The highest BCUT2D eigenvalue weighted by Gasteiger charge is 2.31. The molecule has 0 atom stereocenters. The number of aromatic nitrogens is 2. The van der Waals surface area contributed by atoms with Gasteiger partial charge in [0.1, 0.15) is 11.6 Å². The van der Waals surface area contributed by atoms with Crippen molar-refractivity contribution >= 4 is 5.82 Å². The molecule has 1 fully saturated rings. The van der Waals surface area contributed by atoms with E-state index in [0.29, 0.717) is 11.7 Å². The second-order valence-corrected chi connectivity index (χ2v) is 5.91. The number of hydrogen-bond donors (Lipinski definition) is 2. The van der Waals surface area contributed by atoms with Gasteiger partial charge in [0.25, 0.3) is 0 Å². The SMILES string of the molecule is CC(C)(c1ccccc1)c1nc(NN)cc(C2CC2)n1. The van der Waals surface area contributed by atoms with Gasteiger partial charge in [0.2, 0.25) is 0 Å². The molecule has 0 amide bonds. The Hall–Kier alpha value is -1.94. The number of rotatable bonds is 4. The molecule has 3 N–H and O–H groups in total. The first kappa shape index (κ1) is 13.1. The third-order valence-electron chi connectivity index (χ3n) is 3.94. The number of anilines is 1. The number of hydrazine groups is 1. The minimum Gasteiger partial charge on any atom is -0.308 e. The van der Waals surface area contributed by atoms with Crippen LogP contribution in [0.1, 0.15) is 49.7 Å². The Kier molecular flexibility index (Phi) is 3.18. The van der Waals surface area contributed by atoms with Crippen LogP contribution in [0.4, 0.5) is 5.82 Å². The first-order chi connectivity index (χ1) is 9.61. The molecule has 0 saturated heterocycles. The largest absolute Gasteiger partial charge is 0.308 e. The summed E-state index contributed by atoms with van der Waals surface area (Å²) in [6.07, 6.45) is 2.43. The Labute approximate surface area is 119 Å². The number of benzene rings is 1. The molecule has 1 aliphatic rings. The van der Waals surface area contributed by atoms with Crippen molar-refractivity contribution in [2.24, 2.45) is 5.84 Å². The van der Waals surface area contributed by atoms with Crippen molar-refractivity contribution in [1.82, 2.24) is 9.97 Å². The fourth-order valence-electron chi connectivity index (χ4n) is 2.39. The molecular weight excluding hydrogens is 248 g/mol. The summed E-state index contributed by atoms with van der Waals surface area (Å²) in [4.78, 5) is 9.35. The average Bonchev–Trinajstić information content (AvgIpc) is 3.32. The summed E-state index contributed by atoms with van der Waals surface area (Å²) < 4.78 is 0. The molecule has 1 aliphatic carbocycles. The minimum atomic E-state index is -0.238. The fraction of sp³-hybridized carbons (Fsp3) is 0.375. The van der Waals surface area contributed by atoms with Crippen LogP contribution in [0.2, 0.25) is 0 Å². The highest BCUT2D eigenvalue weighted by Crippen LogP contribution is 2.40. The van der Waals surface area contributed by atoms with Crippen molar-refractivity contribution in [1.29, 1.82) is 0 Å². The van der Waals surface area contributed by atoms with Gasteiger partial charge in [0.15, 0.2) is 0 Å². The Balaban J connectivity index is 2.06. The normalized spacial score (nSPS) is 15.2. The minimum absolute atomic E-state index is 0.238. The molecule has 0 aliphatic heterocycles. The van der Waals surface area contributed by atoms with E-state index in [4.69, 9.17) is 10.8 Å². The van der Waals surface area contributed by atoms with Crippen molar-refractivity contribution in [3.63, 3.8) is 0 Å². The van der Waals surface area contributed by atoms with E-state index >= 15 is 0 Å². The van der Waals surface area contributed by atoms with Gasteiger partial charge in [-0.15, -0.1) is 0 Å². The summed E-state index contributed by atoms with van der Waals surface area (Å²) in [7, 11) is 0. The summed E-state index contributed by atoms with van der Waals surface area (Å²) >= 11 is 0. The van der Waals surface area contributed by atoms with Crippen LogP contribution in [0.5, 0.6) is 0 Å². The van der Waals surface area contributed by atoms with Crippen LogP contribution in [-0.4, -0.2) is 9.97 Å². The molecule has 3 rings (SSSR count). The summed E-state index contributed by atoms with van der Waals surface area (Å²) in [5.74, 6) is 7.64. The summed E-state index contributed by atoms with van der Waals surface area (Å²) in [5, 5.41) is 0. The average molecular weight is 268 g/mol. The summed E-state index contributed by atoms with van der Waals surface area (Å²) in [6.45, 7) is 4.29. The van der Waals surface area contributed by atoms with Crippen LogP contribution in [-0.2, 0) is 5.41 Å². The molecule has 0 spiro atoms. The van der Waals surface area contributed by atoms with Crippen molar-refractivity contribution in [3.8, 4) is 0 Å². The number of nitrogens with two attached hydrogens (primary N) is 1. The lowest BCUT2D eigenvalue weighted by Crippen LogP contribution is -2.24. The highest BCUT2D eigenvalue weighted by molar-refractivity contribution is 5.40. The zero-order valence-corrected chi connectivity index (χ0v) is 11.9. The lowest BCUT2D eigenvalue weighted by molar-refractivity contribution is 0.586. The van der Waals surface area contributed by atoms with E-state index in [2.05, 4.69) is 36.4 Å². The van der Waals surface area contributed by atoms with E-state index in [1.807, 2.05) is 24.3 Å². The van der Waals surface area contributed by atoms with Crippen molar-refractivity contribution in [2.75, 3.05) is 5.43 Å². The lowest BCUT2D eigenvalue weighted by Gasteiger charge is -2.24. The van der Waals surface area contributed by atoms with E-state index in [0.717, 1.165) is 11.5 Å². The van der Waals surface area contributed by atoms with Gasteiger partial charge in [0.05, 0.1) is 0 Å². The van der Waals surface area contributed by atoms with Crippen molar-refractivity contribution in [3.05, 3.63) is 53.5 Å². The number of nitrogens with one attached hydrogen (secondary N) is 1. The van der Waals surface area contributed by atoms with Crippen LogP contribution >= 0.6 is 0 Å². The molecule has 104 valence electrons. The topological polar surface area (TPSA) is 63.8 Å². The molecular formula is C16H20N4. The Morgan fingerprint density at radius 3 is 2.45 bits per heavy atom. The molecule has 4 nitrogen and oxygen atoms in total. The standard InChI is InChI=1S/C16H20N4/c1-16(2,12-6-4-3-5-7-12)15-18-13(11-8-9-11)10-14(19-15)20-17/h3-7,10-11H,8-9,17H2,1-2H3,(H,18,19,20). The first-order valence-electron chi connectivity index (χ1n) is 7.03. The molecule has 20 heavy (non-hydrogen) atoms. The first-order valence-corrected chi connectivity index (χ1v) is 7.03. The van der Waals surface area contributed by atoms with Gasteiger partial charge in [-0.1, -0.05) is 30.3 Å². The molecule has 1 aromatic heterocycles. The Morgan fingerprint density at radius 1 is 1.15 bits per heavy atom. The third-order valence-corrected chi connectivity index (χ3v) is 3.94. The van der Waals surface area contributed by atoms with Crippen LogP contribution in [0.15, 0.2) is 36.4 Å². The van der Waals surface area contributed by atoms with E-state index in [9.17, 15) is 0 Å². The molecule has 1 saturated carbocycles. The van der Waals surface area contributed by atoms with Crippen LogP contribution in [0.3, 0.4) is 0 Å². The maximum atomic E-state index is 5.55. The van der Waals surface area contributed by atoms with Crippen molar-refractivity contribution in [2.45, 2.75) is 38.0 Å². The Bertz CT molecular complexity index is 603. The van der Waals surface area contributed by atoms with Crippen LogP contribution in [0.25, 0.3) is 0 Å². The second-order valence-electron chi connectivity index (χ2n) is 5.91. The van der Waals surface area contributed by atoms with Crippen molar-refractivity contribution < 1.29 is 0 Å². The Morgan fingerprint density at radius 2 is 1.85 bits per heavy atom. The van der Waals surface area contributed by atoms with Crippen LogP contribution in [0, 0.1) is 0 Å². The van der Waals surface area contributed by atoms with E-state index < -0.39 is 0 Å². The van der Waals surface area contributed by atoms with Crippen LogP contribution < -0.4 is 11.3 Å². The molecule has 4 heteroatoms. The maximum Gasteiger partial charge on any atom is 0.143 e. The predicted octanol–water partition coefficient (Wildman–Crippen LogP) is 2.97. The summed E-state index contributed by atoms with van der Waals surface area (Å²) in [6, 6.07) is 12.3. The monoisotopic (exact) mass is 268 g/mol. The van der Waals surface area contributed by atoms with E-state index in [-0.39, 0.29) is 5.41 Å². The number of nitrogens with zero attached hydrogens (tertiary/aromatic N) is 2. The highest BCUT2D eigenvalue weighted by atomic mass is 15.3. The predicted molar refractivity (Wildman–Crippen MR) is 80.4 cm³/mol. The van der Waals surface area contributed by atoms with Gasteiger partial charge < -0.3 is 5.43 Å². The van der Waals surface area contributed by atoms with E-state index in [1.165, 1.54) is 18.4 Å². The van der Waals surface area contributed by atoms with E-state index in [1.54, 1.807) is 0 Å². The van der Waals surface area contributed by atoms with Gasteiger partial charge >= 0.3 is 0 Å². The molecule has 0 unspecified atom stereocenters. The lowest BCUT2D eigenvalue weighted by atomic mass is 9.83. The zero-order chi connectivity index (χ0) is 14.2. The molecule has 0 radical (unpaired) electrons. The fourth-order valence-corrected chi connectivity index (χ4v) is 2.39. The van der Waals surface area contributed by atoms with Gasteiger partial charge in [-0.3, -0.25) is 0 Å². The second kappa shape index (κ2) is 4.87. The number of nitrogen functional groups attached to an aromatic ring is 1. The van der Waals surface area contributed by atoms with Gasteiger partial charge in [0, 0.05) is 23.1 Å². The van der Waals surface area contributed by atoms with Gasteiger partial charge in [-0.05, 0) is 32.3 Å². The molecule has 1 heterocycles. The molecule has 2 aromatic rings. The zero-order valence-electron chi connectivity index (χ0n) is 11.9. The molecule has 0 bridgehead atoms. The maximum absolute atomic E-state index is 5.55. The summed E-state index contributed by atoms with van der Waals surface area (Å²) in [5.41, 5.74) is 4.73. The number of hydrogen-bond acceptors (Lipinski definition) is 4. The third kappa shape index (κ3) is 2.39. The smallest absolute Gasteiger partial charge is 0.143 e. The quantitative estimate of drug-likeness (QED) is 0.661. The van der Waals surface area contributed by atoms with Gasteiger partial charge in [-0.25, -0.2) is 15.8 Å².